The Labute approximate surface area is 142 Å². The quantitative estimate of drug-likeness (QED) is 0.817. The van der Waals surface area contributed by atoms with Crippen molar-refractivity contribution in [2.24, 2.45) is 0 Å². The normalized spacial score (nSPS) is 18.0. The molecule has 2 heterocycles. The molecular weight excluding hydrogens is 310 g/mol. The van der Waals surface area contributed by atoms with E-state index in [4.69, 9.17) is 4.74 Å². The van der Waals surface area contributed by atoms with Gasteiger partial charge in [0.2, 0.25) is 0 Å². The van der Waals surface area contributed by atoms with Gasteiger partial charge in [-0.2, -0.15) is 0 Å². The van der Waals surface area contributed by atoms with E-state index < -0.39 is 17.3 Å². The molecule has 2 N–H and O–H groups in total. The van der Waals surface area contributed by atoms with Gasteiger partial charge in [-0.1, -0.05) is 0 Å². The number of likely N-dealkylation sites (tertiary alicyclic amines) is 1. The third-order valence-corrected chi connectivity index (χ3v) is 3.80. The number of aldehydes is 1. The highest BCUT2D eigenvalue weighted by Gasteiger charge is 2.31. The predicted octanol–water partition coefficient (Wildman–Crippen LogP) is 1.95. The van der Waals surface area contributed by atoms with Crippen LogP contribution < -0.4 is 5.32 Å². The van der Waals surface area contributed by atoms with Gasteiger partial charge in [0.15, 0.2) is 6.29 Å². The first-order chi connectivity index (χ1) is 11.2. The number of pyridine rings is 1. The summed E-state index contributed by atoms with van der Waals surface area (Å²) in [5.74, 6) is 0.433. The fourth-order valence-electron chi connectivity index (χ4n) is 2.52. The molecule has 0 radical (unpaired) electrons. The van der Waals surface area contributed by atoms with Crippen molar-refractivity contribution in [3.05, 3.63) is 23.9 Å². The lowest BCUT2D eigenvalue weighted by Crippen LogP contribution is -2.44. The van der Waals surface area contributed by atoms with E-state index in [1.807, 2.05) is 6.07 Å². The molecule has 0 spiro atoms. The van der Waals surface area contributed by atoms with Crippen molar-refractivity contribution in [3.8, 4) is 0 Å². The molecule has 0 saturated carbocycles. The molecule has 2 rings (SSSR count). The van der Waals surface area contributed by atoms with Gasteiger partial charge in [-0.05, 0) is 51.3 Å². The summed E-state index contributed by atoms with van der Waals surface area (Å²) in [6.45, 7) is 7.35. The first-order valence-electron chi connectivity index (χ1n) is 8.05. The zero-order valence-corrected chi connectivity index (χ0v) is 14.4. The van der Waals surface area contributed by atoms with Crippen LogP contribution in [0.5, 0.6) is 0 Å². The number of aromatic nitrogens is 1. The fraction of sp³-hybridized carbons (Fsp3) is 0.588. The van der Waals surface area contributed by atoms with Gasteiger partial charge in [0, 0.05) is 25.8 Å². The molecule has 1 aliphatic rings. The predicted molar refractivity (Wildman–Crippen MR) is 89.6 cm³/mol. The van der Waals surface area contributed by atoms with E-state index in [0.29, 0.717) is 44.6 Å². The summed E-state index contributed by atoms with van der Waals surface area (Å²) in [6.07, 6.45) is 2.60. The first kappa shape index (κ1) is 18.4. The first-order valence-corrected chi connectivity index (χ1v) is 8.05. The smallest absolute Gasteiger partial charge is 0.413 e. The number of carbonyl (C=O) groups is 2. The van der Waals surface area contributed by atoms with Gasteiger partial charge in [-0.25, -0.2) is 9.78 Å². The van der Waals surface area contributed by atoms with E-state index in [-0.39, 0.29) is 0 Å². The minimum Gasteiger partial charge on any atom is -0.444 e. The lowest BCUT2D eigenvalue weighted by Gasteiger charge is -2.34. The minimum atomic E-state index is -1.18. The summed E-state index contributed by atoms with van der Waals surface area (Å²) in [4.78, 5) is 28.9. The van der Waals surface area contributed by atoms with Gasteiger partial charge < -0.3 is 14.6 Å². The van der Waals surface area contributed by atoms with E-state index in [0.717, 1.165) is 5.56 Å². The van der Waals surface area contributed by atoms with E-state index in [2.05, 4.69) is 15.2 Å². The van der Waals surface area contributed by atoms with Gasteiger partial charge in [-0.15, -0.1) is 0 Å². The largest absolute Gasteiger partial charge is 0.444 e. The van der Waals surface area contributed by atoms with Gasteiger partial charge >= 0.3 is 6.09 Å². The number of hydrogen-bond acceptors (Lipinski definition) is 6. The number of piperidine rings is 1. The highest BCUT2D eigenvalue weighted by atomic mass is 16.6. The van der Waals surface area contributed by atoms with Crippen LogP contribution in [-0.2, 0) is 16.1 Å². The summed E-state index contributed by atoms with van der Waals surface area (Å²) in [5.41, 5.74) is -0.754. The van der Waals surface area contributed by atoms with E-state index in [1.54, 1.807) is 33.0 Å². The van der Waals surface area contributed by atoms with Crippen LogP contribution in [-0.4, -0.2) is 51.7 Å². The third-order valence-electron chi connectivity index (χ3n) is 3.80. The Hall–Kier alpha value is -1.99. The average Bonchev–Trinajstić information content (AvgIpc) is 2.48. The van der Waals surface area contributed by atoms with Gasteiger partial charge in [0.25, 0.3) is 0 Å². The topological polar surface area (TPSA) is 91.8 Å². The van der Waals surface area contributed by atoms with Crippen LogP contribution in [0.2, 0.25) is 0 Å². The molecule has 1 saturated heterocycles. The Morgan fingerprint density at radius 3 is 2.71 bits per heavy atom. The maximum Gasteiger partial charge on any atom is 0.413 e. The summed E-state index contributed by atoms with van der Waals surface area (Å²) >= 11 is 0. The monoisotopic (exact) mass is 335 g/mol. The lowest BCUT2D eigenvalue weighted by molar-refractivity contribution is -0.128. The summed E-state index contributed by atoms with van der Waals surface area (Å²) in [5, 5.41) is 12.6. The molecule has 7 heteroatoms. The van der Waals surface area contributed by atoms with Crippen molar-refractivity contribution in [2.75, 3.05) is 18.4 Å². The molecule has 24 heavy (non-hydrogen) atoms. The number of nitrogens with zero attached hydrogens (tertiary/aromatic N) is 2. The van der Waals surface area contributed by atoms with Crippen molar-refractivity contribution in [1.29, 1.82) is 0 Å². The zero-order chi connectivity index (χ0) is 17.8. The number of aliphatic hydroxyl groups is 1. The van der Waals surface area contributed by atoms with Crippen molar-refractivity contribution in [3.63, 3.8) is 0 Å². The number of anilines is 1. The highest BCUT2D eigenvalue weighted by molar-refractivity contribution is 5.83. The van der Waals surface area contributed by atoms with Crippen LogP contribution in [0, 0.1) is 0 Å². The second-order valence-corrected chi connectivity index (χ2v) is 7.17. The SMILES string of the molecule is CC(C)(C)OC(=O)Nc1cc(CN2CCC(O)(C=O)CC2)ccn1. The second-order valence-electron chi connectivity index (χ2n) is 7.17. The van der Waals surface area contributed by atoms with Crippen molar-refractivity contribution >= 4 is 18.2 Å². The summed E-state index contributed by atoms with van der Waals surface area (Å²) in [7, 11) is 0. The molecule has 0 aliphatic carbocycles. The zero-order valence-electron chi connectivity index (χ0n) is 14.4. The van der Waals surface area contributed by atoms with E-state index in [9.17, 15) is 14.7 Å². The van der Waals surface area contributed by atoms with Crippen LogP contribution in [0.3, 0.4) is 0 Å². The van der Waals surface area contributed by atoms with Crippen LogP contribution in [0.4, 0.5) is 10.6 Å². The fourth-order valence-corrected chi connectivity index (χ4v) is 2.52. The van der Waals surface area contributed by atoms with Crippen LogP contribution in [0.1, 0.15) is 39.2 Å². The lowest BCUT2D eigenvalue weighted by atomic mass is 9.93. The molecule has 0 unspecified atom stereocenters. The summed E-state index contributed by atoms with van der Waals surface area (Å²) < 4.78 is 5.21. The van der Waals surface area contributed by atoms with Crippen LogP contribution in [0.15, 0.2) is 18.3 Å². The molecule has 0 atom stereocenters. The van der Waals surface area contributed by atoms with Crippen LogP contribution >= 0.6 is 0 Å². The standard InChI is InChI=1S/C17H25N3O4/c1-16(2,3)24-15(22)19-14-10-13(4-7-18-14)11-20-8-5-17(23,12-21)6-9-20/h4,7,10,12,23H,5-6,8-9,11H2,1-3H3,(H,18,19,22). The molecular formula is C17H25N3O4. The number of amides is 1. The Kier molecular flexibility index (Phi) is 5.56. The molecule has 1 amide bonds. The van der Waals surface area contributed by atoms with Crippen molar-refractivity contribution in [1.82, 2.24) is 9.88 Å². The molecule has 0 aromatic carbocycles. The van der Waals surface area contributed by atoms with Gasteiger partial charge in [0.05, 0.1) is 0 Å². The Balaban J connectivity index is 1.91. The number of ether oxygens (including phenoxy) is 1. The Morgan fingerprint density at radius 1 is 1.46 bits per heavy atom. The van der Waals surface area contributed by atoms with E-state index >= 15 is 0 Å². The van der Waals surface area contributed by atoms with Gasteiger partial charge in [0.1, 0.15) is 17.0 Å². The van der Waals surface area contributed by atoms with Gasteiger partial charge in [-0.3, -0.25) is 10.2 Å². The maximum atomic E-state index is 11.8. The van der Waals surface area contributed by atoms with E-state index in [1.165, 1.54) is 0 Å². The Bertz CT molecular complexity index is 590. The molecule has 132 valence electrons. The number of rotatable bonds is 4. The molecule has 1 aromatic heterocycles. The van der Waals surface area contributed by atoms with Crippen molar-refractivity contribution in [2.45, 2.75) is 51.4 Å². The minimum absolute atomic E-state index is 0.433. The molecule has 0 bridgehead atoms. The average molecular weight is 335 g/mol. The molecule has 1 fully saturated rings. The Morgan fingerprint density at radius 2 is 2.12 bits per heavy atom. The molecule has 7 nitrogen and oxygen atoms in total. The number of nitrogens with one attached hydrogen (secondary N) is 1. The second kappa shape index (κ2) is 7.27. The number of carbonyl (C=O) groups excluding carboxylic acids is 2. The highest BCUT2D eigenvalue weighted by Crippen LogP contribution is 2.21. The summed E-state index contributed by atoms with van der Waals surface area (Å²) in [6, 6.07) is 3.67. The number of hydrogen-bond donors (Lipinski definition) is 2. The van der Waals surface area contributed by atoms with Crippen molar-refractivity contribution < 1.29 is 19.4 Å². The molecule has 1 aliphatic heterocycles. The maximum absolute atomic E-state index is 11.8. The molecule has 1 aromatic rings. The third kappa shape index (κ3) is 5.58. The van der Waals surface area contributed by atoms with Crippen LogP contribution in [0.25, 0.3) is 0 Å².